The molecule has 29 heavy (non-hydrogen) atoms. The van der Waals surface area contributed by atoms with Gasteiger partial charge in [0.2, 0.25) is 11.8 Å². The van der Waals surface area contributed by atoms with Crippen molar-refractivity contribution in [2.45, 2.75) is 39.0 Å². The molecule has 1 aromatic heterocycles. The fourth-order valence-corrected chi connectivity index (χ4v) is 3.06. The SMILES string of the molecule is COC1=N[C@H](C(C)C)C(OC)=N[C@H]1[C@@H](O)/C=C/c1cc(-c2ccc(C)cc2)on1. The first-order chi connectivity index (χ1) is 13.9. The highest BCUT2D eigenvalue weighted by molar-refractivity contribution is 5.94. The molecule has 0 saturated carbocycles. The third-order valence-electron chi connectivity index (χ3n) is 4.74. The van der Waals surface area contributed by atoms with E-state index in [9.17, 15) is 5.11 Å². The summed E-state index contributed by atoms with van der Waals surface area (Å²) in [4.78, 5) is 9.09. The van der Waals surface area contributed by atoms with Crippen LogP contribution in [0.4, 0.5) is 0 Å². The first-order valence-corrected chi connectivity index (χ1v) is 9.56. The van der Waals surface area contributed by atoms with Gasteiger partial charge < -0.3 is 19.1 Å². The quantitative estimate of drug-likeness (QED) is 0.834. The lowest BCUT2D eigenvalue weighted by atomic mass is 10.0. The lowest BCUT2D eigenvalue weighted by Gasteiger charge is -2.28. The van der Waals surface area contributed by atoms with Crippen molar-refractivity contribution in [2.24, 2.45) is 15.9 Å². The van der Waals surface area contributed by atoms with Gasteiger partial charge in [0.05, 0.1) is 14.2 Å². The molecule has 3 rings (SSSR count). The summed E-state index contributed by atoms with van der Waals surface area (Å²) in [7, 11) is 3.08. The zero-order valence-electron chi connectivity index (χ0n) is 17.4. The first-order valence-electron chi connectivity index (χ1n) is 9.56. The number of aliphatic hydroxyl groups is 1. The molecule has 0 bridgehead atoms. The van der Waals surface area contributed by atoms with Gasteiger partial charge >= 0.3 is 0 Å². The molecule has 1 N–H and O–H groups in total. The maximum absolute atomic E-state index is 10.7. The van der Waals surface area contributed by atoms with E-state index < -0.39 is 12.1 Å². The van der Waals surface area contributed by atoms with E-state index in [1.807, 2.05) is 51.1 Å². The van der Waals surface area contributed by atoms with Crippen molar-refractivity contribution in [3.05, 3.63) is 47.7 Å². The van der Waals surface area contributed by atoms with Crippen LogP contribution in [0, 0.1) is 12.8 Å². The van der Waals surface area contributed by atoms with Crippen molar-refractivity contribution in [3.8, 4) is 11.3 Å². The molecule has 1 aliphatic heterocycles. The highest BCUT2D eigenvalue weighted by Gasteiger charge is 2.34. The van der Waals surface area contributed by atoms with E-state index in [-0.39, 0.29) is 12.0 Å². The number of aromatic nitrogens is 1. The molecule has 1 aromatic carbocycles. The minimum Gasteiger partial charge on any atom is -0.483 e. The number of ether oxygens (including phenoxy) is 2. The van der Waals surface area contributed by atoms with Crippen LogP contribution in [0.5, 0.6) is 0 Å². The van der Waals surface area contributed by atoms with Gasteiger partial charge in [-0.15, -0.1) is 0 Å². The summed E-state index contributed by atoms with van der Waals surface area (Å²) < 4.78 is 16.2. The summed E-state index contributed by atoms with van der Waals surface area (Å²) in [6, 6.07) is 8.91. The van der Waals surface area contributed by atoms with Crippen LogP contribution in [0.25, 0.3) is 17.4 Å². The number of nitrogens with zero attached hydrogens (tertiary/aromatic N) is 3. The third-order valence-corrected chi connectivity index (χ3v) is 4.74. The van der Waals surface area contributed by atoms with Crippen molar-refractivity contribution >= 4 is 17.9 Å². The van der Waals surface area contributed by atoms with E-state index in [1.165, 1.54) is 12.7 Å². The zero-order valence-corrected chi connectivity index (χ0v) is 17.4. The molecular weight excluding hydrogens is 370 g/mol. The van der Waals surface area contributed by atoms with E-state index in [1.54, 1.807) is 19.3 Å². The molecule has 0 spiro atoms. The lowest BCUT2D eigenvalue weighted by molar-refractivity contribution is 0.197. The Morgan fingerprint density at radius 2 is 1.66 bits per heavy atom. The van der Waals surface area contributed by atoms with E-state index in [0.29, 0.717) is 23.2 Å². The number of hydrogen-bond donors (Lipinski definition) is 1. The molecule has 0 unspecified atom stereocenters. The van der Waals surface area contributed by atoms with E-state index in [0.717, 1.165) is 5.56 Å². The Hall–Kier alpha value is -2.93. The Kier molecular flexibility index (Phi) is 6.49. The Labute approximate surface area is 170 Å². The van der Waals surface area contributed by atoms with Crippen LogP contribution in [0.1, 0.15) is 25.1 Å². The summed E-state index contributed by atoms with van der Waals surface area (Å²) in [5, 5.41) is 14.7. The molecule has 0 saturated heterocycles. The monoisotopic (exact) mass is 397 g/mol. The van der Waals surface area contributed by atoms with Gasteiger partial charge in [0.25, 0.3) is 0 Å². The molecule has 0 amide bonds. The van der Waals surface area contributed by atoms with Crippen molar-refractivity contribution in [1.29, 1.82) is 0 Å². The molecule has 154 valence electrons. The fourth-order valence-electron chi connectivity index (χ4n) is 3.06. The number of aliphatic hydroxyl groups excluding tert-OH is 1. The van der Waals surface area contributed by atoms with Gasteiger partial charge in [0.15, 0.2) is 11.8 Å². The minimum atomic E-state index is -0.952. The van der Waals surface area contributed by atoms with Crippen LogP contribution in [0.3, 0.4) is 0 Å². The molecule has 0 aliphatic carbocycles. The lowest BCUT2D eigenvalue weighted by Crippen LogP contribution is -2.42. The van der Waals surface area contributed by atoms with Crippen molar-refractivity contribution in [2.75, 3.05) is 14.2 Å². The normalized spacial score (nSPS) is 20.5. The molecule has 7 nitrogen and oxygen atoms in total. The smallest absolute Gasteiger partial charge is 0.212 e. The topological polar surface area (TPSA) is 89.4 Å². The van der Waals surface area contributed by atoms with Crippen molar-refractivity contribution < 1.29 is 19.1 Å². The fraction of sp³-hybridized carbons (Fsp3) is 0.409. The summed E-state index contributed by atoms with van der Waals surface area (Å²) in [5.41, 5.74) is 2.72. The van der Waals surface area contributed by atoms with Gasteiger partial charge in [-0.05, 0) is 18.9 Å². The van der Waals surface area contributed by atoms with E-state index in [2.05, 4.69) is 15.1 Å². The molecule has 2 heterocycles. The Balaban J connectivity index is 1.76. The maximum atomic E-state index is 10.7. The first kappa shape index (κ1) is 20.8. The second-order valence-corrected chi connectivity index (χ2v) is 7.31. The molecular formula is C22H27N3O4. The summed E-state index contributed by atoms with van der Waals surface area (Å²) in [6.07, 6.45) is 2.34. The maximum Gasteiger partial charge on any atom is 0.212 e. The second-order valence-electron chi connectivity index (χ2n) is 7.31. The Morgan fingerprint density at radius 3 is 2.28 bits per heavy atom. The summed E-state index contributed by atoms with van der Waals surface area (Å²) >= 11 is 0. The number of benzene rings is 1. The average Bonchev–Trinajstić information content (AvgIpc) is 3.20. The molecule has 0 radical (unpaired) electrons. The zero-order chi connectivity index (χ0) is 21.0. The van der Waals surface area contributed by atoms with Crippen LogP contribution in [-0.2, 0) is 9.47 Å². The second kappa shape index (κ2) is 9.05. The molecule has 0 fully saturated rings. The van der Waals surface area contributed by atoms with Crippen molar-refractivity contribution in [3.63, 3.8) is 0 Å². The van der Waals surface area contributed by atoms with Crippen LogP contribution in [0.15, 0.2) is 50.9 Å². The van der Waals surface area contributed by atoms with Gasteiger partial charge in [-0.25, -0.2) is 9.98 Å². The molecule has 1 aliphatic rings. The van der Waals surface area contributed by atoms with Crippen LogP contribution < -0.4 is 0 Å². The predicted molar refractivity (Wildman–Crippen MR) is 113 cm³/mol. The molecule has 2 aromatic rings. The standard InChI is InChI=1S/C22H27N3O4/c1-13(2)19-21(27-4)24-20(22(23-19)28-5)17(26)11-10-16-12-18(29-25-16)15-8-6-14(3)7-9-15/h6-13,17,19-20,26H,1-5H3/b11-10+/t17-,19+,20-/m0/s1. The van der Waals surface area contributed by atoms with Gasteiger partial charge in [-0.2, -0.15) is 0 Å². The number of aliphatic imine (C=N–C) groups is 2. The summed E-state index contributed by atoms with van der Waals surface area (Å²) in [5.74, 6) is 1.72. The predicted octanol–water partition coefficient (Wildman–Crippen LogP) is 3.52. The number of methoxy groups -OCH3 is 2. The number of rotatable bonds is 5. The highest BCUT2D eigenvalue weighted by atomic mass is 16.5. The minimum absolute atomic E-state index is 0.197. The van der Waals surface area contributed by atoms with Crippen LogP contribution >= 0.6 is 0 Å². The van der Waals surface area contributed by atoms with E-state index in [4.69, 9.17) is 14.0 Å². The largest absolute Gasteiger partial charge is 0.483 e. The molecule has 3 atom stereocenters. The average molecular weight is 397 g/mol. The Morgan fingerprint density at radius 1 is 1.03 bits per heavy atom. The van der Waals surface area contributed by atoms with Gasteiger partial charge in [-0.1, -0.05) is 54.9 Å². The number of hydrogen-bond acceptors (Lipinski definition) is 7. The Bertz CT molecular complexity index is 912. The van der Waals surface area contributed by atoms with Crippen molar-refractivity contribution in [1.82, 2.24) is 5.16 Å². The highest BCUT2D eigenvalue weighted by Crippen LogP contribution is 2.23. The van der Waals surface area contributed by atoms with Crippen LogP contribution in [0.2, 0.25) is 0 Å². The van der Waals surface area contributed by atoms with Gasteiger partial charge in [0, 0.05) is 11.6 Å². The number of aryl methyl sites for hydroxylation is 1. The third kappa shape index (κ3) is 4.74. The van der Waals surface area contributed by atoms with E-state index >= 15 is 0 Å². The van der Waals surface area contributed by atoms with Crippen LogP contribution in [-0.4, -0.2) is 54.5 Å². The summed E-state index contributed by atoms with van der Waals surface area (Å²) in [6.45, 7) is 6.09. The molecule has 7 heteroatoms. The van der Waals surface area contributed by atoms with Gasteiger partial charge in [-0.3, -0.25) is 0 Å². The van der Waals surface area contributed by atoms with Gasteiger partial charge in [0.1, 0.15) is 17.8 Å².